The summed E-state index contributed by atoms with van der Waals surface area (Å²) in [7, 11) is 0. The molecule has 0 aliphatic heterocycles. The minimum Gasteiger partial charge on any atom is -0.310 e. The molecule has 2 heteroatoms. The van der Waals surface area contributed by atoms with Crippen LogP contribution in [0.1, 0.15) is 62.5 Å². The average molecular weight is 277 g/mol. The van der Waals surface area contributed by atoms with E-state index in [1.807, 2.05) is 11.3 Å². The Morgan fingerprint density at radius 3 is 2.79 bits per heavy atom. The van der Waals surface area contributed by atoms with Crippen LogP contribution in [0.25, 0.3) is 0 Å². The largest absolute Gasteiger partial charge is 0.310 e. The second kappa shape index (κ2) is 5.21. The van der Waals surface area contributed by atoms with Gasteiger partial charge in [-0.2, -0.15) is 0 Å². The first-order valence-electron chi connectivity index (χ1n) is 7.91. The fraction of sp³-hybridized carbons (Fsp3) is 0.765. The van der Waals surface area contributed by atoms with E-state index in [1.54, 1.807) is 16.0 Å². The molecule has 1 atom stereocenters. The molecule has 0 bridgehead atoms. The highest BCUT2D eigenvalue weighted by atomic mass is 32.1. The third kappa shape index (κ3) is 2.90. The SMILES string of the molecule is CCC(C)(C)C1CCc2c(CNC3CC3)csc2C1. The van der Waals surface area contributed by atoms with Crippen molar-refractivity contribution in [3.05, 3.63) is 21.4 Å². The first-order valence-corrected chi connectivity index (χ1v) is 8.79. The van der Waals surface area contributed by atoms with Crippen LogP contribution in [-0.2, 0) is 19.4 Å². The number of thiophene rings is 1. The topological polar surface area (TPSA) is 12.0 Å². The number of rotatable bonds is 5. The number of hydrogen-bond donors (Lipinski definition) is 1. The van der Waals surface area contributed by atoms with E-state index in [0.717, 1.165) is 18.5 Å². The summed E-state index contributed by atoms with van der Waals surface area (Å²) in [5, 5.41) is 6.09. The Bertz CT molecular complexity index is 442. The zero-order valence-corrected chi connectivity index (χ0v) is 13.4. The van der Waals surface area contributed by atoms with Crippen molar-refractivity contribution in [3.8, 4) is 0 Å². The van der Waals surface area contributed by atoms with Crippen molar-refractivity contribution in [2.75, 3.05) is 0 Å². The van der Waals surface area contributed by atoms with Crippen molar-refractivity contribution in [2.24, 2.45) is 11.3 Å². The molecule has 0 saturated heterocycles. The van der Waals surface area contributed by atoms with Gasteiger partial charge in [0.2, 0.25) is 0 Å². The van der Waals surface area contributed by atoms with Crippen molar-refractivity contribution in [3.63, 3.8) is 0 Å². The summed E-state index contributed by atoms with van der Waals surface area (Å²) in [4.78, 5) is 1.69. The number of hydrogen-bond acceptors (Lipinski definition) is 2. The van der Waals surface area contributed by atoms with E-state index >= 15 is 0 Å². The van der Waals surface area contributed by atoms with Crippen LogP contribution < -0.4 is 5.32 Å². The molecular formula is C17H27NS. The van der Waals surface area contributed by atoms with Crippen LogP contribution in [0.15, 0.2) is 5.38 Å². The van der Waals surface area contributed by atoms with Crippen LogP contribution in [0.3, 0.4) is 0 Å². The van der Waals surface area contributed by atoms with Crippen LogP contribution in [0.4, 0.5) is 0 Å². The van der Waals surface area contributed by atoms with Gasteiger partial charge < -0.3 is 5.32 Å². The van der Waals surface area contributed by atoms with Gasteiger partial charge >= 0.3 is 0 Å². The third-order valence-electron chi connectivity index (χ3n) is 5.42. The van der Waals surface area contributed by atoms with Gasteiger partial charge in [0, 0.05) is 17.5 Å². The van der Waals surface area contributed by atoms with Gasteiger partial charge in [0.05, 0.1) is 0 Å². The predicted octanol–water partition coefficient (Wildman–Crippen LogP) is 4.54. The minimum atomic E-state index is 0.508. The second-order valence-corrected chi connectivity index (χ2v) is 8.06. The second-order valence-electron chi connectivity index (χ2n) is 7.10. The summed E-state index contributed by atoms with van der Waals surface area (Å²) in [6.45, 7) is 8.35. The molecule has 3 rings (SSSR count). The quantitative estimate of drug-likeness (QED) is 0.833. The molecule has 1 nitrogen and oxygen atoms in total. The van der Waals surface area contributed by atoms with Crippen molar-refractivity contribution >= 4 is 11.3 Å². The van der Waals surface area contributed by atoms with E-state index in [-0.39, 0.29) is 0 Å². The molecule has 1 saturated carbocycles. The summed E-state index contributed by atoms with van der Waals surface area (Å²) in [6, 6.07) is 0.825. The van der Waals surface area contributed by atoms with Gasteiger partial charge in [-0.15, -0.1) is 11.3 Å². The highest BCUT2D eigenvalue weighted by Crippen LogP contribution is 2.42. The van der Waals surface area contributed by atoms with Gasteiger partial charge in [0.15, 0.2) is 0 Å². The molecule has 19 heavy (non-hydrogen) atoms. The van der Waals surface area contributed by atoms with E-state index in [0.29, 0.717) is 5.41 Å². The molecule has 1 aromatic rings. The summed E-state index contributed by atoms with van der Waals surface area (Å²) in [5.41, 5.74) is 3.80. The molecule has 106 valence electrons. The van der Waals surface area contributed by atoms with Gasteiger partial charge in [-0.3, -0.25) is 0 Å². The predicted molar refractivity (Wildman–Crippen MR) is 83.8 cm³/mol. The lowest BCUT2D eigenvalue weighted by molar-refractivity contribution is 0.184. The molecule has 1 N–H and O–H groups in total. The Hall–Kier alpha value is -0.340. The van der Waals surface area contributed by atoms with Crippen LogP contribution in [0.5, 0.6) is 0 Å². The van der Waals surface area contributed by atoms with E-state index in [4.69, 9.17) is 0 Å². The Morgan fingerprint density at radius 1 is 1.32 bits per heavy atom. The van der Waals surface area contributed by atoms with Crippen molar-refractivity contribution < 1.29 is 0 Å². The molecule has 0 radical (unpaired) electrons. The normalized spacial score (nSPS) is 23.4. The first kappa shape index (κ1) is 13.6. The van der Waals surface area contributed by atoms with Crippen LogP contribution in [0, 0.1) is 11.3 Å². The standard InChI is InChI=1S/C17H27NS/c1-4-17(2,3)13-5-8-15-12(10-18-14-6-7-14)11-19-16(15)9-13/h11,13-14,18H,4-10H2,1-3H3. The number of fused-ring (bicyclic) bond motifs is 1. The average Bonchev–Trinajstić information content (AvgIpc) is 3.16. The van der Waals surface area contributed by atoms with E-state index in [1.165, 1.54) is 38.5 Å². The van der Waals surface area contributed by atoms with E-state index in [2.05, 4.69) is 31.5 Å². The van der Waals surface area contributed by atoms with Crippen LogP contribution in [0.2, 0.25) is 0 Å². The van der Waals surface area contributed by atoms with Gasteiger partial charge in [-0.1, -0.05) is 27.2 Å². The summed E-state index contributed by atoms with van der Waals surface area (Å²) in [5.74, 6) is 0.882. The van der Waals surface area contributed by atoms with E-state index in [9.17, 15) is 0 Å². The van der Waals surface area contributed by atoms with Gasteiger partial charge in [0.1, 0.15) is 0 Å². The lowest BCUT2D eigenvalue weighted by Crippen LogP contribution is -2.28. The summed E-state index contributed by atoms with van der Waals surface area (Å²) >= 11 is 2.01. The number of nitrogens with one attached hydrogen (secondary N) is 1. The molecule has 1 heterocycles. The minimum absolute atomic E-state index is 0.508. The maximum absolute atomic E-state index is 3.67. The Balaban J connectivity index is 1.68. The molecular weight excluding hydrogens is 250 g/mol. The fourth-order valence-electron chi connectivity index (χ4n) is 3.23. The van der Waals surface area contributed by atoms with E-state index < -0.39 is 0 Å². The smallest absolute Gasteiger partial charge is 0.0219 e. The Kier molecular flexibility index (Phi) is 3.74. The van der Waals surface area contributed by atoms with Crippen LogP contribution >= 0.6 is 11.3 Å². The van der Waals surface area contributed by atoms with Gasteiger partial charge in [0.25, 0.3) is 0 Å². The summed E-state index contributed by atoms with van der Waals surface area (Å²) in [6.07, 6.45) is 8.10. The van der Waals surface area contributed by atoms with Crippen molar-refractivity contribution in [2.45, 2.75) is 71.9 Å². The Labute approximate surface area is 121 Å². The fourth-order valence-corrected chi connectivity index (χ4v) is 4.41. The highest BCUT2D eigenvalue weighted by molar-refractivity contribution is 7.10. The molecule has 0 aromatic carbocycles. The monoisotopic (exact) mass is 277 g/mol. The molecule has 1 aromatic heterocycles. The zero-order chi connectivity index (χ0) is 13.5. The highest BCUT2D eigenvalue weighted by Gasteiger charge is 2.32. The first-order chi connectivity index (χ1) is 9.10. The van der Waals surface area contributed by atoms with Gasteiger partial charge in [-0.25, -0.2) is 0 Å². The zero-order valence-electron chi connectivity index (χ0n) is 12.6. The molecule has 1 unspecified atom stereocenters. The maximum Gasteiger partial charge on any atom is 0.0219 e. The van der Waals surface area contributed by atoms with Gasteiger partial charge in [-0.05, 0) is 59.9 Å². The lowest BCUT2D eigenvalue weighted by atomic mass is 9.69. The lowest BCUT2D eigenvalue weighted by Gasteiger charge is -2.36. The third-order valence-corrected chi connectivity index (χ3v) is 6.52. The molecule has 1 fully saturated rings. The summed E-state index contributed by atoms with van der Waals surface area (Å²) < 4.78 is 0. The Morgan fingerprint density at radius 2 is 2.11 bits per heavy atom. The van der Waals surface area contributed by atoms with Crippen LogP contribution in [-0.4, -0.2) is 6.04 Å². The molecule has 2 aliphatic carbocycles. The van der Waals surface area contributed by atoms with Crippen molar-refractivity contribution in [1.29, 1.82) is 0 Å². The molecule has 0 spiro atoms. The maximum atomic E-state index is 3.67. The van der Waals surface area contributed by atoms with Crippen molar-refractivity contribution in [1.82, 2.24) is 5.32 Å². The molecule has 0 amide bonds. The molecule has 2 aliphatic rings.